The maximum Gasteiger partial charge on any atom is 0.255 e. The van der Waals surface area contributed by atoms with E-state index < -0.39 is 0 Å². The maximum atomic E-state index is 13.0. The maximum absolute atomic E-state index is 13.0. The molecule has 3 aromatic rings. The van der Waals surface area contributed by atoms with E-state index in [1.165, 1.54) is 24.3 Å². The Hall–Kier alpha value is -3.67. The van der Waals surface area contributed by atoms with Crippen molar-refractivity contribution in [2.75, 3.05) is 36.4 Å². The highest BCUT2D eigenvalue weighted by molar-refractivity contribution is 6.04. The van der Waals surface area contributed by atoms with Gasteiger partial charge in [-0.25, -0.2) is 4.39 Å². The summed E-state index contributed by atoms with van der Waals surface area (Å²) >= 11 is 0. The number of amides is 2. The molecule has 6 heteroatoms. The van der Waals surface area contributed by atoms with Crippen molar-refractivity contribution in [1.82, 2.24) is 4.90 Å². The summed E-state index contributed by atoms with van der Waals surface area (Å²) < 4.78 is 13.0. The molecule has 164 valence electrons. The van der Waals surface area contributed by atoms with Crippen LogP contribution in [0.4, 0.5) is 15.8 Å². The van der Waals surface area contributed by atoms with Crippen molar-refractivity contribution < 1.29 is 14.0 Å². The normalized spacial score (nSPS) is 13.7. The highest BCUT2D eigenvalue weighted by atomic mass is 19.1. The minimum Gasteiger partial charge on any atom is -0.368 e. The fraction of sp³-hybridized carbons (Fsp3) is 0.231. The molecule has 0 atom stereocenters. The number of benzene rings is 3. The summed E-state index contributed by atoms with van der Waals surface area (Å²) in [5.41, 5.74) is 4.35. The van der Waals surface area contributed by atoms with Crippen LogP contribution < -0.4 is 10.2 Å². The van der Waals surface area contributed by atoms with Crippen LogP contribution >= 0.6 is 0 Å². The first-order valence-electron chi connectivity index (χ1n) is 10.7. The number of anilines is 2. The van der Waals surface area contributed by atoms with Gasteiger partial charge >= 0.3 is 0 Å². The Bertz CT molecular complexity index is 1090. The van der Waals surface area contributed by atoms with Crippen molar-refractivity contribution in [3.05, 3.63) is 95.3 Å². The van der Waals surface area contributed by atoms with Gasteiger partial charge in [0, 0.05) is 43.1 Å². The number of halogens is 1. The summed E-state index contributed by atoms with van der Waals surface area (Å²) in [6, 6.07) is 21.2. The van der Waals surface area contributed by atoms with Gasteiger partial charge in [0.25, 0.3) is 5.91 Å². The van der Waals surface area contributed by atoms with Crippen LogP contribution in [0.1, 0.15) is 21.5 Å². The van der Waals surface area contributed by atoms with Crippen molar-refractivity contribution in [2.24, 2.45) is 0 Å². The van der Waals surface area contributed by atoms with Gasteiger partial charge in [-0.3, -0.25) is 9.59 Å². The molecule has 5 nitrogen and oxygen atoms in total. The third-order valence-corrected chi connectivity index (χ3v) is 5.67. The minimum absolute atomic E-state index is 0.161. The van der Waals surface area contributed by atoms with E-state index >= 15 is 0 Å². The van der Waals surface area contributed by atoms with E-state index in [2.05, 4.69) is 16.3 Å². The average Bonchev–Trinajstić information content (AvgIpc) is 2.80. The molecule has 1 aliphatic rings. The number of carbonyl (C=O) groups is 2. The van der Waals surface area contributed by atoms with E-state index in [4.69, 9.17) is 0 Å². The molecule has 1 heterocycles. The molecule has 0 aliphatic carbocycles. The van der Waals surface area contributed by atoms with Gasteiger partial charge in [0.15, 0.2) is 0 Å². The van der Waals surface area contributed by atoms with Crippen LogP contribution in [0.15, 0.2) is 72.8 Å². The molecule has 0 unspecified atom stereocenters. The molecule has 1 aliphatic heterocycles. The van der Waals surface area contributed by atoms with Gasteiger partial charge in [0.1, 0.15) is 5.82 Å². The smallest absolute Gasteiger partial charge is 0.255 e. The van der Waals surface area contributed by atoms with Crippen LogP contribution in [0, 0.1) is 12.7 Å². The summed E-state index contributed by atoms with van der Waals surface area (Å²) in [4.78, 5) is 29.1. The second-order valence-corrected chi connectivity index (χ2v) is 8.04. The van der Waals surface area contributed by atoms with Crippen molar-refractivity contribution in [3.63, 3.8) is 0 Å². The summed E-state index contributed by atoms with van der Waals surface area (Å²) in [5, 5.41) is 2.82. The number of piperazine rings is 1. The van der Waals surface area contributed by atoms with Crippen LogP contribution in [-0.4, -0.2) is 42.9 Å². The predicted octanol–water partition coefficient (Wildman–Crippen LogP) is 4.28. The van der Waals surface area contributed by atoms with Crippen molar-refractivity contribution >= 4 is 23.2 Å². The lowest BCUT2D eigenvalue weighted by Crippen LogP contribution is -2.49. The molecule has 32 heavy (non-hydrogen) atoms. The van der Waals surface area contributed by atoms with Gasteiger partial charge in [-0.1, -0.05) is 29.8 Å². The van der Waals surface area contributed by atoms with Crippen molar-refractivity contribution in [3.8, 4) is 0 Å². The average molecular weight is 432 g/mol. The second-order valence-electron chi connectivity index (χ2n) is 8.04. The molecule has 3 aromatic carbocycles. The van der Waals surface area contributed by atoms with Crippen LogP contribution in [0.3, 0.4) is 0 Å². The lowest BCUT2D eigenvalue weighted by molar-refractivity contribution is -0.130. The van der Waals surface area contributed by atoms with E-state index in [9.17, 15) is 14.0 Å². The first-order valence-corrected chi connectivity index (χ1v) is 10.7. The molecule has 1 N–H and O–H groups in total. The Morgan fingerprint density at radius 2 is 1.59 bits per heavy atom. The van der Waals surface area contributed by atoms with E-state index in [-0.39, 0.29) is 17.6 Å². The van der Waals surface area contributed by atoms with Gasteiger partial charge in [-0.15, -0.1) is 0 Å². The number of aryl methyl sites for hydroxylation is 1. The van der Waals surface area contributed by atoms with E-state index in [1.54, 1.807) is 0 Å². The standard InChI is InChI=1S/C26H26FN3O2/c1-19-3-2-4-20(17-19)18-25(31)30-15-13-29(14-16-30)24-11-9-23(10-12-24)28-26(32)21-5-7-22(27)8-6-21/h2-12,17H,13-16,18H2,1H3,(H,28,32). The predicted molar refractivity (Wildman–Crippen MR) is 124 cm³/mol. The molecule has 0 saturated carbocycles. The van der Waals surface area contributed by atoms with Crippen molar-refractivity contribution in [2.45, 2.75) is 13.3 Å². The van der Waals surface area contributed by atoms with Gasteiger partial charge in [0.2, 0.25) is 5.91 Å². The zero-order valence-corrected chi connectivity index (χ0v) is 18.1. The quantitative estimate of drug-likeness (QED) is 0.656. The minimum atomic E-state index is -0.372. The third-order valence-electron chi connectivity index (χ3n) is 5.67. The second kappa shape index (κ2) is 9.64. The monoisotopic (exact) mass is 431 g/mol. The third kappa shape index (κ3) is 5.32. The van der Waals surface area contributed by atoms with Crippen LogP contribution in [0.25, 0.3) is 0 Å². The number of hydrogen-bond acceptors (Lipinski definition) is 3. The zero-order chi connectivity index (χ0) is 22.5. The molecule has 2 amide bonds. The van der Waals surface area contributed by atoms with Crippen LogP contribution in [0.5, 0.6) is 0 Å². The summed E-state index contributed by atoms with van der Waals surface area (Å²) in [6.45, 7) is 4.94. The molecular weight excluding hydrogens is 405 g/mol. The molecule has 0 aromatic heterocycles. The van der Waals surface area contributed by atoms with E-state index in [0.717, 1.165) is 29.9 Å². The number of nitrogens with one attached hydrogen (secondary N) is 1. The number of carbonyl (C=O) groups excluding carboxylic acids is 2. The Labute approximate surface area is 187 Å². The van der Waals surface area contributed by atoms with E-state index in [1.807, 2.05) is 54.3 Å². The molecule has 1 saturated heterocycles. The van der Waals surface area contributed by atoms with Gasteiger partial charge < -0.3 is 15.1 Å². The Morgan fingerprint density at radius 1 is 0.906 bits per heavy atom. The topological polar surface area (TPSA) is 52.7 Å². The number of nitrogens with zero attached hydrogens (tertiary/aromatic N) is 2. The first-order chi connectivity index (χ1) is 15.5. The lowest BCUT2D eigenvalue weighted by atomic mass is 10.1. The Kier molecular flexibility index (Phi) is 6.50. The molecular formula is C26H26FN3O2. The largest absolute Gasteiger partial charge is 0.368 e. The Balaban J connectivity index is 1.29. The SMILES string of the molecule is Cc1cccc(CC(=O)N2CCN(c3ccc(NC(=O)c4ccc(F)cc4)cc3)CC2)c1. The molecule has 0 radical (unpaired) electrons. The fourth-order valence-electron chi connectivity index (χ4n) is 3.88. The van der Waals surface area contributed by atoms with Gasteiger partial charge in [-0.05, 0) is 61.0 Å². The molecule has 4 rings (SSSR count). The Morgan fingerprint density at radius 3 is 2.25 bits per heavy atom. The van der Waals surface area contributed by atoms with Gasteiger partial charge in [0.05, 0.1) is 6.42 Å². The van der Waals surface area contributed by atoms with Crippen LogP contribution in [0.2, 0.25) is 0 Å². The molecule has 0 bridgehead atoms. The van der Waals surface area contributed by atoms with Crippen LogP contribution in [-0.2, 0) is 11.2 Å². The van der Waals surface area contributed by atoms with Crippen molar-refractivity contribution in [1.29, 1.82) is 0 Å². The zero-order valence-electron chi connectivity index (χ0n) is 18.1. The highest BCUT2D eigenvalue weighted by Gasteiger charge is 2.21. The number of rotatable bonds is 5. The summed E-state index contributed by atoms with van der Waals surface area (Å²) in [5.74, 6) is -0.490. The number of hydrogen-bond donors (Lipinski definition) is 1. The van der Waals surface area contributed by atoms with E-state index in [0.29, 0.717) is 30.8 Å². The summed E-state index contributed by atoms with van der Waals surface area (Å²) in [6.07, 6.45) is 0.435. The molecule has 0 spiro atoms. The fourth-order valence-corrected chi connectivity index (χ4v) is 3.88. The van der Waals surface area contributed by atoms with Gasteiger partial charge in [-0.2, -0.15) is 0 Å². The summed E-state index contributed by atoms with van der Waals surface area (Å²) in [7, 11) is 0. The first kappa shape index (κ1) is 21.6. The molecule has 1 fully saturated rings. The highest BCUT2D eigenvalue weighted by Crippen LogP contribution is 2.20. The lowest BCUT2D eigenvalue weighted by Gasteiger charge is -2.36.